The van der Waals surface area contributed by atoms with E-state index in [0.29, 0.717) is 0 Å². The van der Waals surface area contributed by atoms with Crippen LogP contribution in [-0.2, 0) is 0 Å². The number of piperidine rings is 3. The normalized spacial score (nSPS) is 44.2. The summed E-state index contributed by atoms with van der Waals surface area (Å²) >= 11 is 0. The summed E-state index contributed by atoms with van der Waals surface area (Å²) < 4.78 is 0. The van der Waals surface area contributed by atoms with E-state index in [9.17, 15) is 0 Å². The Bertz CT molecular complexity index is 215. The van der Waals surface area contributed by atoms with E-state index in [1.165, 1.54) is 64.8 Å². The van der Waals surface area contributed by atoms with E-state index in [-0.39, 0.29) is 0 Å². The molecular formula is C13H25N3. The van der Waals surface area contributed by atoms with Crippen molar-refractivity contribution < 1.29 is 0 Å². The lowest BCUT2D eigenvalue weighted by Gasteiger charge is -2.46. The molecule has 3 nitrogen and oxygen atoms in total. The lowest BCUT2D eigenvalue weighted by atomic mass is 9.83. The van der Waals surface area contributed by atoms with Crippen molar-refractivity contribution in [1.29, 1.82) is 0 Å². The van der Waals surface area contributed by atoms with Crippen LogP contribution in [0.5, 0.6) is 0 Å². The molecule has 92 valence electrons. The van der Waals surface area contributed by atoms with Crippen molar-refractivity contribution in [3.8, 4) is 0 Å². The first-order valence-electron chi connectivity index (χ1n) is 7.11. The van der Waals surface area contributed by atoms with Gasteiger partial charge in [-0.15, -0.1) is 0 Å². The SMILES string of the molecule is C1CNCCC(NC2CN3CCC2CC3)C1. The average Bonchev–Trinajstić information content (AvgIpc) is 2.59. The molecule has 3 heteroatoms. The average molecular weight is 223 g/mol. The summed E-state index contributed by atoms with van der Waals surface area (Å²) in [6, 6.07) is 1.58. The Balaban J connectivity index is 1.53. The maximum atomic E-state index is 3.95. The van der Waals surface area contributed by atoms with E-state index < -0.39 is 0 Å². The highest BCUT2D eigenvalue weighted by atomic mass is 15.2. The number of hydrogen-bond donors (Lipinski definition) is 2. The third-order valence-electron chi connectivity index (χ3n) is 4.68. The molecule has 4 aliphatic heterocycles. The lowest BCUT2D eigenvalue weighted by molar-refractivity contribution is 0.0661. The number of fused-ring (bicyclic) bond motifs is 3. The van der Waals surface area contributed by atoms with Crippen LogP contribution in [-0.4, -0.2) is 49.7 Å². The van der Waals surface area contributed by atoms with Crippen LogP contribution < -0.4 is 10.6 Å². The van der Waals surface area contributed by atoms with Gasteiger partial charge in [0.05, 0.1) is 0 Å². The molecule has 0 aromatic rings. The van der Waals surface area contributed by atoms with Crippen LogP contribution in [0.3, 0.4) is 0 Å². The first kappa shape index (κ1) is 11.0. The molecule has 4 rings (SSSR count). The Morgan fingerprint density at radius 1 is 1.00 bits per heavy atom. The van der Waals surface area contributed by atoms with Crippen LogP contribution in [0.1, 0.15) is 32.1 Å². The summed E-state index contributed by atoms with van der Waals surface area (Å²) in [6.45, 7) is 6.45. The van der Waals surface area contributed by atoms with Crippen molar-refractivity contribution in [2.45, 2.75) is 44.2 Å². The molecule has 4 heterocycles. The van der Waals surface area contributed by atoms with Gasteiger partial charge in [0, 0.05) is 18.6 Å². The smallest absolute Gasteiger partial charge is 0.0226 e. The fraction of sp³-hybridized carbons (Fsp3) is 1.00. The highest BCUT2D eigenvalue weighted by molar-refractivity contribution is 4.92. The van der Waals surface area contributed by atoms with E-state index in [1.807, 2.05) is 0 Å². The van der Waals surface area contributed by atoms with Gasteiger partial charge in [-0.1, -0.05) is 0 Å². The molecule has 4 fully saturated rings. The topological polar surface area (TPSA) is 27.3 Å². The highest BCUT2D eigenvalue weighted by Crippen LogP contribution is 2.28. The zero-order valence-corrected chi connectivity index (χ0v) is 10.3. The second-order valence-electron chi connectivity index (χ2n) is 5.79. The standard InChI is InChI=1S/C13H25N3/c1-2-12(3-7-14-6-1)15-13-10-16-8-4-11(13)5-9-16/h11-15H,1-10H2. The summed E-state index contributed by atoms with van der Waals surface area (Å²) in [6.07, 6.45) is 6.91. The molecule has 4 aliphatic rings. The van der Waals surface area contributed by atoms with E-state index in [2.05, 4.69) is 15.5 Å². The van der Waals surface area contributed by atoms with E-state index in [0.717, 1.165) is 18.0 Å². The second-order valence-corrected chi connectivity index (χ2v) is 5.79. The molecule has 4 saturated heterocycles. The molecule has 0 spiro atoms. The maximum Gasteiger partial charge on any atom is 0.0226 e. The molecule has 2 atom stereocenters. The Hall–Kier alpha value is -0.120. The van der Waals surface area contributed by atoms with Gasteiger partial charge in [0.1, 0.15) is 0 Å². The predicted octanol–water partition coefficient (Wildman–Crippen LogP) is 0.812. The first-order valence-corrected chi connectivity index (χ1v) is 7.11. The lowest BCUT2D eigenvalue weighted by Crippen LogP contribution is -2.58. The van der Waals surface area contributed by atoms with Crippen molar-refractivity contribution >= 4 is 0 Å². The summed E-state index contributed by atoms with van der Waals surface area (Å²) in [4.78, 5) is 2.65. The Kier molecular flexibility index (Phi) is 3.46. The molecule has 0 aromatic heterocycles. The fourth-order valence-electron chi connectivity index (χ4n) is 3.64. The van der Waals surface area contributed by atoms with Crippen LogP contribution in [0.2, 0.25) is 0 Å². The van der Waals surface area contributed by atoms with Crippen molar-refractivity contribution in [2.75, 3.05) is 32.7 Å². The quantitative estimate of drug-likeness (QED) is 0.725. The van der Waals surface area contributed by atoms with Crippen LogP contribution in [0.25, 0.3) is 0 Å². The van der Waals surface area contributed by atoms with Crippen molar-refractivity contribution in [3.05, 3.63) is 0 Å². The summed E-state index contributed by atoms with van der Waals surface area (Å²) in [7, 11) is 0. The molecule has 0 radical (unpaired) electrons. The molecule has 0 saturated carbocycles. The third-order valence-corrected chi connectivity index (χ3v) is 4.68. The molecular weight excluding hydrogens is 198 g/mol. The maximum absolute atomic E-state index is 3.95. The van der Waals surface area contributed by atoms with Gasteiger partial charge in [0.25, 0.3) is 0 Å². The summed E-state index contributed by atoms with van der Waals surface area (Å²) in [5, 5.41) is 7.45. The minimum Gasteiger partial charge on any atom is -0.317 e. The van der Waals surface area contributed by atoms with E-state index in [1.54, 1.807) is 0 Å². The number of nitrogens with zero attached hydrogens (tertiary/aromatic N) is 1. The first-order chi connectivity index (χ1) is 7.92. The summed E-state index contributed by atoms with van der Waals surface area (Å²) in [5.41, 5.74) is 0. The second kappa shape index (κ2) is 5.03. The van der Waals surface area contributed by atoms with Crippen LogP contribution in [0.15, 0.2) is 0 Å². The molecule has 0 amide bonds. The zero-order valence-electron chi connectivity index (χ0n) is 10.3. The predicted molar refractivity (Wildman–Crippen MR) is 66.6 cm³/mol. The summed E-state index contributed by atoms with van der Waals surface area (Å²) in [5.74, 6) is 0.973. The van der Waals surface area contributed by atoms with Gasteiger partial charge in [0.15, 0.2) is 0 Å². The van der Waals surface area contributed by atoms with E-state index >= 15 is 0 Å². The number of nitrogens with one attached hydrogen (secondary N) is 2. The van der Waals surface area contributed by atoms with Crippen molar-refractivity contribution in [1.82, 2.24) is 15.5 Å². The number of hydrogen-bond acceptors (Lipinski definition) is 3. The molecule has 16 heavy (non-hydrogen) atoms. The molecule has 0 aliphatic carbocycles. The van der Waals surface area contributed by atoms with Gasteiger partial charge in [0.2, 0.25) is 0 Å². The third kappa shape index (κ3) is 2.41. The highest BCUT2D eigenvalue weighted by Gasteiger charge is 2.34. The van der Waals surface area contributed by atoms with Crippen LogP contribution in [0.4, 0.5) is 0 Å². The Labute approximate surface area is 99.0 Å². The Morgan fingerprint density at radius 2 is 1.88 bits per heavy atom. The van der Waals surface area contributed by atoms with E-state index in [4.69, 9.17) is 0 Å². The Morgan fingerprint density at radius 3 is 2.62 bits per heavy atom. The van der Waals surface area contributed by atoms with Crippen molar-refractivity contribution in [2.24, 2.45) is 5.92 Å². The van der Waals surface area contributed by atoms with Gasteiger partial charge in [-0.25, -0.2) is 0 Å². The van der Waals surface area contributed by atoms with Gasteiger partial charge in [-0.2, -0.15) is 0 Å². The fourth-order valence-corrected chi connectivity index (χ4v) is 3.64. The largest absolute Gasteiger partial charge is 0.317 e. The van der Waals surface area contributed by atoms with Crippen LogP contribution in [0, 0.1) is 5.92 Å². The van der Waals surface area contributed by atoms with Gasteiger partial charge in [-0.3, -0.25) is 0 Å². The zero-order chi connectivity index (χ0) is 10.8. The minimum atomic E-state index is 0.778. The molecule has 2 N–H and O–H groups in total. The molecule has 2 bridgehead atoms. The number of rotatable bonds is 2. The van der Waals surface area contributed by atoms with Gasteiger partial charge < -0.3 is 15.5 Å². The van der Waals surface area contributed by atoms with Crippen molar-refractivity contribution in [3.63, 3.8) is 0 Å². The minimum absolute atomic E-state index is 0.778. The van der Waals surface area contributed by atoms with Gasteiger partial charge >= 0.3 is 0 Å². The molecule has 2 unspecified atom stereocenters. The molecule has 0 aromatic carbocycles. The van der Waals surface area contributed by atoms with Crippen LogP contribution >= 0.6 is 0 Å². The van der Waals surface area contributed by atoms with Gasteiger partial charge in [-0.05, 0) is 64.2 Å². The monoisotopic (exact) mass is 223 g/mol.